The van der Waals surface area contributed by atoms with Crippen molar-refractivity contribution in [3.05, 3.63) is 35.4 Å². The molecule has 1 heterocycles. The fourth-order valence-corrected chi connectivity index (χ4v) is 3.18. The third-order valence-electron chi connectivity index (χ3n) is 4.04. The van der Waals surface area contributed by atoms with Crippen LogP contribution in [-0.2, 0) is 4.79 Å². The smallest absolute Gasteiger partial charge is 0.159 e. The van der Waals surface area contributed by atoms with Gasteiger partial charge in [0.1, 0.15) is 5.78 Å². The van der Waals surface area contributed by atoms with Gasteiger partial charge in [-0.05, 0) is 30.0 Å². The van der Waals surface area contributed by atoms with Crippen molar-refractivity contribution in [2.45, 2.75) is 32.7 Å². The molecular formula is C15H16F2N2O. The Balaban J connectivity index is 1.93. The molecule has 106 valence electrons. The Labute approximate surface area is 116 Å². The molecule has 2 atom stereocenters. The van der Waals surface area contributed by atoms with Gasteiger partial charge in [0.25, 0.3) is 0 Å². The third-order valence-corrected chi connectivity index (χ3v) is 4.04. The number of nitrogens with zero attached hydrogens (tertiary/aromatic N) is 1. The van der Waals surface area contributed by atoms with Crippen molar-refractivity contribution in [2.24, 2.45) is 16.4 Å². The van der Waals surface area contributed by atoms with Crippen LogP contribution in [0.25, 0.3) is 0 Å². The van der Waals surface area contributed by atoms with Gasteiger partial charge in [-0.15, -0.1) is 0 Å². The maximum absolute atomic E-state index is 13.3. The van der Waals surface area contributed by atoms with Gasteiger partial charge >= 0.3 is 0 Å². The van der Waals surface area contributed by atoms with Crippen LogP contribution in [0.5, 0.6) is 0 Å². The van der Waals surface area contributed by atoms with Crippen molar-refractivity contribution >= 4 is 11.5 Å². The van der Waals surface area contributed by atoms with E-state index in [0.29, 0.717) is 17.7 Å². The number of hydrazone groups is 1. The predicted molar refractivity (Wildman–Crippen MR) is 71.3 cm³/mol. The van der Waals surface area contributed by atoms with Gasteiger partial charge in [0.05, 0.1) is 17.7 Å². The van der Waals surface area contributed by atoms with Gasteiger partial charge in [0.15, 0.2) is 11.6 Å². The van der Waals surface area contributed by atoms with Crippen molar-refractivity contribution in [3.63, 3.8) is 0 Å². The van der Waals surface area contributed by atoms with E-state index in [9.17, 15) is 13.6 Å². The molecule has 0 radical (unpaired) electrons. The van der Waals surface area contributed by atoms with Gasteiger partial charge in [-0.25, -0.2) is 8.78 Å². The molecule has 1 N–H and O–H groups in total. The van der Waals surface area contributed by atoms with Crippen LogP contribution in [0.1, 0.15) is 32.3 Å². The van der Waals surface area contributed by atoms with Crippen LogP contribution in [0.15, 0.2) is 23.3 Å². The van der Waals surface area contributed by atoms with Crippen molar-refractivity contribution in [3.8, 4) is 0 Å². The van der Waals surface area contributed by atoms with E-state index >= 15 is 0 Å². The second-order valence-corrected chi connectivity index (χ2v) is 6.35. The summed E-state index contributed by atoms with van der Waals surface area (Å²) >= 11 is 0. The lowest BCUT2D eigenvalue weighted by molar-refractivity contribution is -0.126. The molecule has 1 aliphatic carbocycles. The molecule has 0 saturated heterocycles. The number of ketones is 1. The summed E-state index contributed by atoms with van der Waals surface area (Å²) in [5.74, 6) is -2.06. The molecule has 0 amide bonds. The summed E-state index contributed by atoms with van der Waals surface area (Å²) in [6.45, 7) is 4.11. The first-order valence-electron chi connectivity index (χ1n) is 6.69. The maximum atomic E-state index is 13.3. The van der Waals surface area contributed by atoms with Gasteiger partial charge in [0.2, 0.25) is 0 Å². The molecule has 3 nitrogen and oxygen atoms in total. The number of carbonyl (C=O) groups excluding carboxylic acids is 1. The van der Waals surface area contributed by atoms with E-state index in [4.69, 9.17) is 0 Å². The van der Waals surface area contributed by atoms with Crippen LogP contribution < -0.4 is 5.43 Å². The number of hydrogen-bond acceptors (Lipinski definition) is 3. The van der Waals surface area contributed by atoms with Crippen LogP contribution in [0.2, 0.25) is 0 Å². The number of nitrogens with one attached hydrogen (secondary N) is 1. The highest BCUT2D eigenvalue weighted by Crippen LogP contribution is 2.39. The minimum absolute atomic E-state index is 0.0469. The largest absolute Gasteiger partial charge is 0.306 e. The number of benzene rings is 1. The van der Waals surface area contributed by atoms with Crippen molar-refractivity contribution < 1.29 is 13.6 Å². The monoisotopic (exact) mass is 278 g/mol. The highest BCUT2D eigenvalue weighted by atomic mass is 19.2. The van der Waals surface area contributed by atoms with Crippen LogP contribution >= 0.6 is 0 Å². The van der Waals surface area contributed by atoms with Gasteiger partial charge in [-0.2, -0.15) is 5.10 Å². The third kappa shape index (κ3) is 2.11. The number of rotatable bonds is 1. The topological polar surface area (TPSA) is 41.5 Å². The zero-order chi connectivity index (χ0) is 14.5. The first-order chi connectivity index (χ1) is 9.37. The summed E-state index contributed by atoms with van der Waals surface area (Å²) in [6, 6.07) is 3.59. The summed E-state index contributed by atoms with van der Waals surface area (Å²) in [6.07, 6.45) is 1.32. The molecule has 1 aliphatic heterocycles. The van der Waals surface area contributed by atoms with Gasteiger partial charge in [0, 0.05) is 12.0 Å². The molecule has 0 bridgehead atoms. The molecule has 0 spiro atoms. The molecule has 1 aromatic carbocycles. The molecule has 20 heavy (non-hydrogen) atoms. The lowest BCUT2D eigenvalue weighted by atomic mass is 9.68. The second-order valence-electron chi connectivity index (χ2n) is 6.35. The van der Waals surface area contributed by atoms with E-state index in [1.165, 1.54) is 6.07 Å². The second kappa shape index (κ2) is 4.36. The van der Waals surface area contributed by atoms with E-state index < -0.39 is 11.6 Å². The van der Waals surface area contributed by atoms with E-state index in [1.807, 2.05) is 0 Å². The molecule has 1 aromatic rings. The Hall–Kier alpha value is -1.78. The summed E-state index contributed by atoms with van der Waals surface area (Å²) in [4.78, 5) is 12.3. The zero-order valence-corrected chi connectivity index (χ0v) is 11.4. The van der Waals surface area contributed by atoms with Gasteiger partial charge in [-0.1, -0.05) is 13.8 Å². The molecule has 0 aromatic heterocycles. The average molecular weight is 278 g/mol. The van der Waals surface area contributed by atoms with E-state index in [1.54, 1.807) is 0 Å². The number of halogens is 2. The van der Waals surface area contributed by atoms with E-state index in [0.717, 1.165) is 18.6 Å². The molecule has 3 rings (SSSR count). The minimum Gasteiger partial charge on any atom is -0.306 e. The average Bonchev–Trinajstić information content (AvgIpc) is 2.75. The Morgan fingerprint density at radius 3 is 2.75 bits per heavy atom. The lowest BCUT2D eigenvalue weighted by Crippen LogP contribution is -2.45. The Bertz CT molecular complexity index is 610. The van der Waals surface area contributed by atoms with Crippen molar-refractivity contribution in [2.75, 3.05) is 0 Å². The summed E-state index contributed by atoms with van der Waals surface area (Å²) < 4.78 is 26.3. The molecule has 0 unspecified atom stereocenters. The summed E-state index contributed by atoms with van der Waals surface area (Å²) in [5, 5.41) is 4.19. The first-order valence-corrected chi connectivity index (χ1v) is 6.69. The standard InChI is InChI=1S/C15H16F2N2O/c1-15(2)6-11-13(12(20)7-15)14(19-18-11)8-3-4-9(16)10(17)5-8/h3-5,11,13,18H,6-7H2,1-2H3/t11-,13+/m1/s1. The predicted octanol–water partition coefficient (Wildman–Crippen LogP) is 2.65. The highest BCUT2D eigenvalue weighted by molar-refractivity contribution is 6.15. The number of Topliss-reactive ketones (excluding diaryl/α,β-unsaturated/α-hetero) is 1. The Kier molecular flexibility index (Phi) is 2.88. The van der Waals surface area contributed by atoms with Crippen LogP contribution in [0.4, 0.5) is 8.78 Å². The van der Waals surface area contributed by atoms with Crippen LogP contribution in [0.3, 0.4) is 0 Å². The molecule has 1 fully saturated rings. The SMILES string of the molecule is CC1(C)CC(=O)[C@H]2C(c3ccc(F)c(F)c3)=NN[C@@H]2C1. The zero-order valence-electron chi connectivity index (χ0n) is 11.4. The van der Waals surface area contributed by atoms with E-state index in [-0.39, 0.29) is 23.2 Å². The lowest BCUT2D eigenvalue weighted by Gasteiger charge is -2.36. The summed E-state index contributed by atoms with van der Waals surface area (Å²) in [5.41, 5.74) is 3.92. The Morgan fingerprint density at radius 1 is 1.30 bits per heavy atom. The van der Waals surface area contributed by atoms with Gasteiger partial charge < -0.3 is 5.43 Å². The molecule has 1 saturated carbocycles. The van der Waals surface area contributed by atoms with Crippen molar-refractivity contribution in [1.29, 1.82) is 0 Å². The number of hydrogen-bond donors (Lipinski definition) is 1. The Morgan fingerprint density at radius 2 is 2.05 bits per heavy atom. The number of fused-ring (bicyclic) bond motifs is 1. The van der Waals surface area contributed by atoms with Crippen LogP contribution in [-0.4, -0.2) is 17.5 Å². The normalized spacial score (nSPS) is 27.8. The molecule has 5 heteroatoms. The van der Waals surface area contributed by atoms with Gasteiger partial charge in [-0.3, -0.25) is 4.79 Å². The number of carbonyl (C=O) groups is 1. The van der Waals surface area contributed by atoms with Crippen LogP contribution in [0, 0.1) is 23.0 Å². The van der Waals surface area contributed by atoms with E-state index in [2.05, 4.69) is 24.4 Å². The molecular weight excluding hydrogens is 262 g/mol. The fraction of sp³-hybridized carbons (Fsp3) is 0.467. The molecule has 2 aliphatic rings. The fourth-order valence-electron chi connectivity index (χ4n) is 3.18. The minimum atomic E-state index is -0.919. The van der Waals surface area contributed by atoms with Crippen molar-refractivity contribution in [1.82, 2.24) is 5.43 Å². The quantitative estimate of drug-likeness (QED) is 0.858. The summed E-state index contributed by atoms with van der Waals surface area (Å²) in [7, 11) is 0. The highest BCUT2D eigenvalue weighted by Gasteiger charge is 2.46. The maximum Gasteiger partial charge on any atom is 0.159 e. The first kappa shape index (κ1) is 13.2.